The standard InChI is InChI=1S/C10H15BrN6/c1-8-5-13-17(7-8)4-3-12-6-9-10(11)14-15-16(9)2/h5,7,12H,3-4,6H2,1-2H3. The Hall–Kier alpha value is -1.21. The molecule has 2 aromatic rings. The maximum Gasteiger partial charge on any atom is 0.152 e. The maximum absolute atomic E-state index is 4.22. The summed E-state index contributed by atoms with van der Waals surface area (Å²) in [5.41, 5.74) is 2.23. The van der Waals surface area contributed by atoms with Gasteiger partial charge in [-0.1, -0.05) is 5.21 Å². The smallest absolute Gasteiger partial charge is 0.152 e. The Morgan fingerprint density at radius 3 is 2.88 bits per heavy atom. The molecule has 2 rings (SSSR count). The van der Waals surface area contributed by atoms with Crippen molar-refractivity contribution in [2.75, 3.05) is 6.54 Å². The van der Waals surface area contributed by atoms with E-state index in [2.05, 4.69) is 36.7 Å². The predicted molar refractivity (Wildman–Crippen MR) is 67.4 cm³/mol. The third-order valence-electron chi connectivity index (χ3n) is 2.47. The van der Waals surface area contributed by atoms with E-state index in [-0.39, 0.29) is 0 Å². The molecule has 0 aliphatic carbocycles. The third-order valence-corrected chi connectivity index (χ3v) is 3.08. The Morgan fingerprint density at radius 1 is 1.47 bits per heavy atom. The summed E-state index contributed by atoms with van der Waals surface area (Å²) in [6, 6.07) is 0. The van der Waals surface area contributed by atoms with Crippen LogP contribution in [0, 0.1) is 6.92 Å². The van der Waals surface area contributed by atoms with Crippen molar-refractivity contribution in [2.24, 2.45) is 7.05 Å². The van der Waals surface area contributed by atoms with Crippen LogP contribution < -0.4 is 5.32 Å². The summed E-state index contributed by atoms with van der Waals surface area (Å²) >= 11 is 3.37. The van der Waals surface area contributed by atoms with Gasteiger partial charge in [0, 0.05) is 26.3 Å². The quantitative estimate of drug-likeness (QED) is 0.832. The molecule has 2 aromatic heterocycles. The zero-order valence-corrected chi connectivity index (χ0v) is 11.5. The van der Waals surface area contributed by atoms with Crippen LogP contribution in [0.2, 0.25) is 0 Å². The van der Waals surface area contributed by atoms with Crippen molar-refractivity contribution in [3.8, 4) is 0 Å². The lowest BCUT2D eigenvalue weighted by molar-refractivity contribution is 0.540. The largest absolute Gasteiger partial charge is 0.309 e. The lowest BCUT2D eigenvalue weighted by atomic mass is 10.4. The Bertz CT molecular complexity index is 469. The number of hydrogen-bond donors (Lipinski definition) is 1. The molecule has 7 heteroatoms. The van der Waals surface area contributed by atoms with Gasteiger partial charge in [0.1, 0.15) is 0 Å². The lowest BCUT2D eigenvalue weighted by Crippen LogP contribution is -2.21. The average molecular weight is 299 g/mol. The molecule has 0 bridgehead atoms. The zero-order chi connectivity index (χ0) is 12.3. The number of halogens is 1. The minimum atomic E-state index is 0.740. The van der Waals surface area contributed by atoms with E-state index in [4.69, 9.17) is 0 Å². The summed E-state index contributed by atoms with van der Waals surface area (Å²) in [4.78, 5) is 0. The van der Waals surface area contributed by atoms with Crippen LogP contribution in [-0.2, 0) is 20.1 Å². The first-order chi connectivity index (χ1) is 8.16. The minimum Gasteiger partial charge on any atom is -0.309 e. The highest BCUT2D eigenvalue weighted by atomic mass is 79.9. The second-order valence-corrected chi connectivity index (χ2v) is 4.66. The van der Waals surface area contributed by atoms with Crippen molar-refractivity contribution in [2.45, 2.75) is 20.0 Å². The first-order valence-corrected chi connectivity index (χ1v) is 6.20. The van der Waals surface area contributed by atoms with Gasteiger partial charge in [-0.3, -0.25) is 4.68 Å². The average Bonchev–Trinajstić information content (AvgIpc) is 2.83. The molecule has 0 aliphatic rings. The molecule has 2 heterocycles. The van der Waals surface area contributed by atoms with Crippen LogP contribution >= 0.6 is 15.9 Å². The molecule has 92 valence electrons. The van der Waals surface area contributed by atoms with Crippen LogP contribution in [0.4, 0.5) is 0 Å². The van der Waals surface area contributed by atoms with Gasteiger partial charge in [0.15, 0.2) is 4.60 Å². The highest BCUT2D eigenvalue weighted by Crippen LogP contribution is 2.10. The second-order valence-electron chi connectivity index (χ2n) is 3.91. The maximum atomic E-state index is 4.22. The molecule has 0 saturated heterocycles. The van der Waals surface area contributed by atoms with Crippen molar-refractivity contribution in [3.05, 3.63) is 28.3 Å². The van der Waals surface area contributed by atoms with Crippen LogP contribution in [0.15, 0.2) is 17.0 Å². The molecule has 6 nitrogen and oxygen atoms in total. The summed E-state index contributed by atoms with van der Waals surface area (Å²) in [5, 5.41) is 15.4. The molecule has 0 radical (unpaired) electrons. The molecular formula is C10H15BrN6. The number of aryl methyl sites for hydroxylation is 2. The molecule has 0 spiro atoms. The summed E-state index contributed by atoms with van der Waals surface area (Å²) in [6.45, 7) is 4.50. The fourth-order valence-electron chi connectivity index (χ4n) is 1.53. The first kappa shape index (κ1) is 12.3. The van der Waals surface area contributed by atoms with Gasteiger partial charge < -0.3 is 5.32 Å². The van der Waals surface area contributed by atoms with Crippen molar-refractivity contribution in [1.82, 2.24) is 30.1 Å². The molecule has 0 aliphatic heterocycles. The van der Waals surface area contributed by atoms with Crippen LogP contribution in [0.5, 0.6) is 0 Å². The molecule has 0 amide bonds. The van der Waals surface area contributed by atoms with Gasteiger partial charge in [-0.15, -0.1) is 5.10 Å². The number of aromatic nitrogens is 5. The van der Waals surface area contributed by atoms with Gasteiger partial charge in [-0.05, 0) is 28.4 Å². The topological polar surface area (TPSA) is 60.6 Å². The van der Waals surface area contributed by atoms with Gasteiger partial charge in [0.05, 0.1) is 18.4 Å². The molecule has 1 N–H and O–H groups in total. The van der Waals surface area contributed by atoms with Gasteiger partial charge in [-0.25, -0.2) is 4.68 Å². The third kappa shape index (κ3) is 3.13. The fraction of sp³-hybridized carbons (Fsp3) is 0.500. The van der Waals surface area contributed by atoms with Crippen molar-refractivity contribution in [1.29, 1.82) is 0 Å². The monoisotopic (exact) mass is 298 g/mol. The van der Waals surface area contributed by atoms with Crippen molar-refractivity contribution >= 4 is 15.9 Å². The number of rotatable bonds is 5. The van der Waals surface area contributed by atoms with E-state index in [1.807, 2.05) is 31.0 Å². The van der Waals surface area contributed by atoms with E-state index in [1.54, 1.807) is 4.68 Å². The second kappa shape index (κ2) is 5.42. The van der Waals surface area contributed by atoms with E-state index >= 15 is 0 Å². The predicted octanol–water partition coefficient (Wildman–Crippen LogP) is 0.872. The van der Waals surface area contributed by atoms with Crippen molar-refractivity contribution < 1.29 is 0 Å². The Balaban J connectivity index is 1.77. The van der Waals surface area contributed by atoms with Crippen molar-refractivity contribution in [3.63, 3.8) is 0 Å². The summed E-state index contributed by atoms with van der Waals surface area (Å²) in [7, 11) is 1.88. The van der Waals surface area contributed by atoms with E-state index < -0.39 is 0 Å². The summed E-state index contributed by atoms with van der Waals surface area (Å²) in [6.07, 6.45) is 3.89. The normalized spacial score (nSPS) is 11.0. The molecule has 0 aromatic carbocycles. The van der Waals surface area contributed by atoms with E-state index in [0.29, 0.717) is 0 Å². The molecule has 17 heavy (non-hydrogen) atoms. The number of nitrogens with zero attached hydrogens (tertiary/aromatic N) is 5. The fourth-order valence-corrected chi connectivity index (χ4v) is 2.00. The molecule has 0 atom stereocenters. The number of nitrogens with one attached hydrogen (secondary N) is 1. The molecular weight excluding hydrogens is 284 g/mol. The van der Waals surface area contributed by atoms with Gasteiger partial charge in [0.2, 0.25) is 0 Å². The van der Waals surface area contributed by atoms with Crippen LogP contribution in [0.3, 0.4) is 0 Å². The number of hydrogen-bond acceptors (Lipinski definition) is 4. The molecule has 0 unspecified atom stereocenters. The highest BCUT2D eigenvalue weighted by molar-refractivity contribution is 9.10. The SMILES string of the molecule is Cc1cnn(CCNCc2c(Br)nnn2C)c1. The van der Waals surface area contributed by atoms with Crippen LogP contribution in [0.1, 0.15) is 11.3 Å². The lowest BCUT2D eigenvalue weighted by Gasteiger charge is -2.05. The van der Waals surface area contributed by atoms with Gasteiger partial charge in [0.25, 0.3) is 0 Å². The Kier molecular flexibility index (Phi) is 3.90. The Morgan fingerprint density at radius 2 is 2.29 bits per heavy atom. The zero-order valence-electron chi connectivity index (χ0n) is 9.89. The summed E-state index contributed by atoms with van der Waals surface area (Å²) in [5.74, 6) is 0. The van der Waals surface area contributed by atoms with E-state index in [1.165, 1.54) is 5.56 Å². The molecule has 0 saturated carbocycles. The van der Waals surface area contributed by atoms with Gasteiger partial charge >= 0.3 is 0 Å². The van der Waals surface area contributed by atoms with E-state index in [0.717, 1.165) is 29.9 Å². The highest BCUT2D eigenvalue weighted by Gasteiger charge is 2.06. The van der Waals surface area contributed by atoms with Crippen LogP contribution in [0.25, 0.3) is 0 Å². The minimum absolute atomic E-state index is 0.740. The van der Waals surface area contributed by atoms with Gasteiger partial charge in [-0.2, -0.15) is 5.10 Å². The summed E-state index contributed by atoms with van der Waals surface area (Å²) < 4.78 is 4.48. The Labute approximate surface area is 108 Å². The van der Waals surface area contributed by atoms with Crippen LogP contribution in [-0.4, -0.2) is 31.3 Å². The molecule has 0 fully saturated rings. The van der Waals surface area contributed by atoms with E-state index in [9.17, 15) is 0 Å². The first-order valence-electron chi connectivity index (χ1n) is 5.40.